The van der Waals surface area contributed by atoms with Crippen LogP contribution in [0, 0.1) is 0 Å². The third-order valence-corrected chi connectivity index (χ3v) is 1.67. The van der Waals surface area contributed by atoms with E-state index < -0.39 is 6.03 Å². The summed E-state index contributed by atoms with van der Waals surface area (Å²) in [7, 11) is 0. The molecule has 16 heavy (non-hydrogen) atoms. The van der Waals surface area contributed by atoms with Crippen molar-refractivity contribution in [3.63, 3.8) is 0 Å². The highest BCUT2D eigenvalue weighted by Crippen LogP contribution is 2.07. The number of hydrazine groups is 1. The van der Waals surface area contributed by atoms with Gasteiger partial charge in [0.1, 0.15) is 5.75 Å². The van der Waals surface area contributed by atoms with Crippen LogP contribution in [-0.2, 0) is 4.79 Å². The van der Waals surface area contributed by atoms with E-state index >= 15 is 0 Å². The molecular formula is C10H13N3O3. The molecule has 6 nitrogen and oxygen atoms in total. The summed E-state index contributed by atoms with van der Waals surface area (Å²) in [6.07, 6.45) is 0.134. The second kappa shape index (κ2) is 6.28. The summed E-state index contributed by atoms with van der Waals surface area (Å²) in [4.78, 5) is 21.3. The van der Waals surface area contributed by atoms with E-state index in [2.05, 4.69) is 5.43 Å². The number of primary amides is 1. The molecule has 86 valence electrons. The summed E-state index contributed by atoms with van der Waals surface area (Å²) in [6.45, 7) is 0.232. The summed E-state index contributed by atoms with van der Waals surface area (Å²) >= 11 is 0. The Kier molecular flexibility index (Phi) is 4.65. The van der Waals surface area contributed by atoms with Crippen molar-refractivity contribution in [3.05, 3.63) is 30.3 Å². The Bertz CT molecular complexity index is 354. The highest BCUT2D eigenvalue weighted by molar-refractivity contribution is 5.80. The fourth-order valence-electron chi connectivity index (χ4n) is 0.972. The largest absolute Gasteiger partial charge is 0.493 e. The number of benzene rings is 1. The van der Waals surface area contributed by atoms with Crippen LogP contribution in [0.2, 0.25) is 0 Å². The number of nitrogens with two attached hydrogens (primary N) is 1. The van der Waals surface area contributed by atoms with Crippen molar-refractivity contribution >= 4 is 11.9 Å². The number of para-hydroxylation sites is 1. The lowest BCUT2D eigenvalue weighted by Crippen LogP contribution is -2.44. The minimum atomic E-state index is -0.808. The van der Waals surface area contributed by atoms with Crippen LogP contribution >= 0.6 is 0 Å². The zero-order valence-corrected chi connectivity index (χ0v) is 8.60. The number of ether oxygens (including phenoxy) is 1. The number of hydrogen-bond donors (Lipinski definition) is 3. The Morgan fingerprint density at radius 2 is 1.88 bits per heavy atom. The molecule has 0 saturated carbocycles. The SMILES string of the molecule is NC(=O)NNC(=O)CCOc1ccccc1. The first-order chi connectivity index (χ1) is 7.68. The van der Waals surface area contributed by atoms with E-state index in [1.807, 2.05) is 23.6 Å². The number of amides is 3. The lowest BCUT2D eigenvalue weighted by molar-refractivity contribution is -0.122. The van der Waals surface area contributed by atoms with Gasteiger partial charge in [-0.1, -0.05) is 18.2 Å². The van der Waals surface area contributed by atoms with Gasteiger partial charge in [-0.2, -0.15) is 0 Å². The number of urea groups is 1. The molecular weight excluding hydrogens is 210 g/mol. The van der Waals surface area contributed by atoms with Gasteiger partial charge in [-0.15, -0.1) is 0 Å². The van der Waals surface area contributed by atoms with Gasteiger partial charge < -0.3 is 10.5 Å². The maximum Gasteiger partial charge on any atom is 0.330 e. The van der Waals surface area contributed by atoms with Crippen LogP contribution in [0.25, 0.3) is 0 Å². The molecule has 0 aromatic heterocycles. The van der Waals surface area contributed by atoms with E-state index in [4.69, 9.17) is 10.5 Å². The molecule has 0 saturated heterocycles. The lowest BCUT2D eigenvalue weighted by Gasteiger charge is -2.06. The Balaban J connectivity index is 2.16. The molecule has 1 rings (SSSR count). The smallest absolute Gasteiger partial charge is 0.330 e. The zero-order valence-electron chi connectivity index (χ0n) is 8.60. The first kappa shape index (κ1) is 11.8. The molecule has 0 aliphatic carbocycles. The number of nitrogens with one attached hydrogen (secondary N) is 2. The minimum absolute atomic E-state index is 0.134. The molecule has 0 aliphatic rings. The fraction of sp³-hybridized carbons (Fsp3) is 0.200. The fourth-order valence-corrected chi connectivity index (χ4v) is 0.972. The highest BCUT2D eigenvalue weighted by atomic mass is 16.5. The van der Waals surface area contributed by atoms with Gasteiger partial charge in [-0.05, 0) is 12.1 Å². The standard InChI is InChI=1S/C10H13N3O3/c11-10(15)13-12-9(14)6-7-16-8-4-2-1-3-5-8/h1-5H,6-7H2,(H,12,14)(H3,11,13,15). The second-order valence-corrected chi connectivity index (χ2v) is 2.95. The Morgan fingerprint density at radius 1 is 1.19 bits per heavy atom. The lowest BCUT2D eigenvalue weighted by atomic mass is 10.3. The van der Waals surface area contributed by atoms with E-state index in [9.17, 15) is 9.59 Å². The van der Waals surface area contributed by atoms with Crippen molar-refractivity contribution in [2.24, 2.45) is 5.73 Å². The van der Waals surface area contributed by atoms with Gasteiger partial charge in [0.05, 0.1) is 13.0 Å². The highest BCUT2D eigenvalue weighted by Gasteiger charge is 2.01. The van der Waals surface area contributed by atoms with Gasteiger partial charge in [0.2, 0.25) is 5.91 Å². The van der Waals surface area contributed by atoms with Crippen LogP contribution in [0.3, 0.4) is 0 Å². The molecule has 0 fully saturated rings. The summed E-state index contributed by atoms with van der Waals surface area (Å²) in [5, 5.41) is 0. The van der Waals surface area contributed by atoms with E-state index in [-0.39, 0.29) is 18.9 Å². The molecule has 0 atom stereocenters. The summed E-state index contributed by atoms with van der Waals surface area (Å²) < 4.78 is 5.28. The van der Waals surface area contributed by atoms with Crippen molar-refractivity contribution < 1.29 is 14.3 Å². The van der Waals surface area contributed by atoms with Gasteiger partial charge in [0.15, 0.2) is 0 Å². The van der Waals surface area contributed by atoms with Crippen LogP contribution in [0.4, 0.5) is 4.79 Å². The van der Waals surface area contributed by atoms with Crippen LogP contribution in [0.1, 0.15) is 6.42 Å². The van der Waals surface area contributed by atoms with Gasteiger partial charge >= 0.3 is 6.03 Å². The quantitative estimate of drug-likeness (QED) is 0.634. The predicted molar refractivity (Wildman–Crippen MR) is 57.4 cm³/mol. The summed E-state index contributed by atoms with van der Waals surface area (Å²) in [6, 6.07) is 8.32. The Hall–Kier alpha value is -2.24. The van der Waals surface area contributed by atoms with E-state index in [0.717, 1.165) is 0 Å². The number of hydrogen-bond acceptors (Lipinski definition) is 3. The number of rotatable bonds is 4. The molecule has 0 aliphatic heterocycles. The average Bonchev–Trinajstić information content (AvgIpc) is 2.28. The van der Waals surface area contributed by atoms with Crippen molar-refractivity contribution in [1.82, 2.24) is 10.9 Å². The topological polar surface area (TPSA) is 93.5 Å². The van der Waals surface area contributed by atoms with Crippen LogP contribution in [-0.4, -0.2) is 18.5 Å². The van der Waals surface area contributed by atoms with E-state index in [1.54, 1.807) is 12.1 Å². The number of carbonyl (C=O) groups is 2. The molecule has 1 aromatic carbocycles. The van der Waals surface area contributed by atoms with Crippen molar-refractivity contribution in [3.8, 4) is 5.75 Å². The van der Waals surface area contributed by atoms with E-state index in [0.29, 0.717) is 5.75 Å². The second-order valence-electron chi connectivity index (χ2n) is 2.95. The summed E-state index contributed by atoms with van der Waals surface area (Å²) in [5.41, 5.74) is 8.87. The Labute approximate surface area is 92.7 Å². The monoisotopic (exact) mass is 223 g/mol. The molecule has 4 N–H and O–H groups in total. The first-order valence-electron chi connectivity index (χ1n) is 4.70. The summed E-state index contributed by atoms with van der Waals surface area (Å²) in [5.74, 6) is 0.327. The third-order valence-electron chi connectivity index (χ3n) is 1.67. The van der Waals surface area contributed by atoms with Gasteiger partial charge in [0.25, 0.3) is 0 Å². The normalized spacial score (nSPS) is 9.25. The zero-order chi connectivity index (χ0) is 11.8. The van der Waals surface area contributed by atoms with Crippen LogP contribution in [0.15, 0.2) is 30.3 Å². The molecule has 0 bridgehead atoms. The Morgan fingerprint density at radius 3 is 2.50 bits per heavy atom. The first-order valence-corrected chi connectivity index (χ1v) is 4.70. The predicted octanol–water partition coefficient (Wildman–Crippen LogP) is 0.155. The van der Waals surface area contributed by atoms with Crippen molar-refractivity contribution in [2.45, 2.75) is 6.42 Å². The minimum Gasteiger partial charge on any atom is -0.493 e. The molecule has 0 unspecified atom stereocenters. The maximum absolute atomic E-state index is 11.1. The van der Waals surface area contributed by atoms with Crippen molar-refractivity contribution in [1.29, 1.82) is 0 Å². The number of carbonyl (C=O) groups excluding carboxylic acids is 2. The van der Waals surface area contributed by atoms with Gasteiger partial charge in [-0.3, -0.25) is 10.2 Å². The molecule has 1 aromatic rings. The van der Waals surface area contributed by atoms with Crippen molar-refractivity contribution in [2.75, 3.05) is 6.61 Å². The van der Waals surface area contributed by atoms with E-state index in [1.165, 1.54) is 0 Å². The molecule has 0 heterocycles. The van der Waals surface area contributed by atoms with Crippen LogP contribution < -0.4 is 21.3 Å². The molecule has 0 radical (unpaired) electrons. The molecule has 3 amide bonds. The van der Waals surface area contributed by atoms with Gasteiger partial charge in [0, 0.05) is 0 Å². The average molecular weight is 223 g/mol. The maximum atomic E-state index is 11.1. The van der Waals surface area contributed by atoms with Crippen LogP contribution in [0.5, 0.6) is 5.75 Å². The molecule has 0 spiro atoms. The molecule has 6 heteroatoms. The third kappa shape index (κ3) is 4.85. The van der Waals surface area contributed by atoms with Gasteiger partial charge in [-0.25, -0.2) is 10.2 Å².